The number of nitrogens with one attached hydrogen (secondary N) is 1. The van der Waals surface area contributed by atoms with Gasteiger partial charge in [-0.25, -0.2) is 0 Å². The third-order valence-electron chi connectivity index (χ3n) is 5.29. The van der Waals surface area contributed by atoms with Crippen molar-refractivity contribution in [1.29, 1.82) is 0 Å². The Morgan fingerprint density at radius 1 is 1.11 bits per heavy atom. The van der Waals surface area contributed by atoms with Gasteiger partial charge in [-0.15, -0.1) is 0 Å². The van der Waals surface area contributed by atoms with Crippen LogP contribution in [0.1, 0.15) is 54.9 Å². The SMILES string of the molecule is CC[C@@H](Oc1ccc2c(c1)CCCC2)C(=O)NCCCc1cccc(C)c1. The molecule has 0 unspecified atom stereocenters. The number of hydrogen-bond acceptors (Lipinski definition) is 2. The Labute approximate surface area is 163 Å². The number of carbonyl (C=O) groups excluding carboxylic acids is 1. The quantitative estimate of drug-likeness (QED) is 0.684. The molecule has 1 aliphatic rings. The normalized spacial score (nSPS) is 14.3. The summed E-state index contributed by atoms with van der Waals surface area (Å²) in [7, 11) is 0. The largest absolute Gasteiger partial charge is 0.481 e. The van der Waals surface area contributed by atoms with Crippen molar-refractivity contribution in [3.05, 3.63) is 64.7 Å². The van der Waals surface area contributed by atoms with Crippen LogP contribution < -0.4 is 10.1 Å². The van der Waals surface area contributed by atoms with Gasteiger partial charge in [0.2, 0.25) is 0 Å². The zero-order chi connectivity index (χ0) is 19.1. The van der Waals surface area contributed by atoms with Gasteiger partial charge in [-0.3, -0.25) is 4.79 Å². The highest BCUT2D eigenvalue weighted by Crippen LogP contribution is 2.26. The molecule has 3 nitrogen and oxygen atoms in total. The molecule has 0 aliphatic heterocycles. The van der Waals surface area contributed by atoms with Gasteiger partial charge in [-0.1, -0.05) is 42.8 Å². The molecule has 1 aliphatic carbocycles. The van der Waals surface area contributed by atoms with Crippen molar-refractivity contribution >= 4 is 5.91 Å². The minimum absolute atomic E-state index is 0.0144. The Morgan fingerprint density at radius 3 is 2.70 bits per heavy atom. The number of aryl methyl sites for hydroxylation is 4. The molecule has 27 heavy (non-hydrogen) atoms. The van der Waals surface area contributed by atoms with E-state index in [0.29, 0.717) is 13.0 Å². The molecule has 2 aromatic rings. The number of amides is 1. The first kappa shape index (κ1) is 19.5. The van der Waals surface area contributed by atoms with Crippen molar-refractivity contribution in [3.8, 4) is 5.75 Å². The molecule has 3 rings (SSSR count). The zero-order valence-corrected chi connectivity index (χ0v) is 16.6. The fourth-order valence-electron chi connectivity index (χ4n) is 3.76. The summed E-state index contributed by atoms with van der Waals surface area (Å²) >= 11 is 0. The molecular weight excluding hydrogens is 334 g/mol. The van der Waals surface area contributed by atoms with E-state index in [1.807, 2.05) is 13.0 Å². The summed E-state index contributed by atoms with van der Waals surface area (Å²) < 4.78 is 6.01. The maximum Gasteiger partial charge on any atom is 0.261 e. The average molecular weight is 366 g/mol. The van der Waals surface area contributed by atoms with E-state index in [9.17, 15) is 4.79 Å². The molecule has 0 bridgehead atoms. The van der Waals surface area contributed by atoms with Crippen molar-refractivity contribution < 1.29 is 9.53 Å². The van der Waals surface area contributed by atoms with Gasteiger partial charge < -0.3 is 10.1 Å². The Bertz CT molecular complexity index is 769. The van der Waals surface area contributed by atoms with E-state index in [1.165, 1.54) is 35.1 Å². The minimum atomic E-state index is -0.425. The molecule has 0 saturated carbocycles. The van der Waals surface area contributed by atoms with E-state index in [0.717, 1.165) is 31.4 Å². The Hall–Kier alpha value is -2.29. The summed E-state index contributed by atoms with van der Waals surface area (Å²) in [6, 6.07) is 14.8. The van der Waals surface area contributed by atoms with Crippen LogP contribution in [0, 0.1) is 6.92 Å². The highest BCUT2D eigenvalue weighted by molar-refractivity contribution is 5.81. The van der Waals surface area contributed by atoms with Gasteiger partial charge in [-0.05, 0) is 80.7 Å². The average Bonchev–Trinajstić information content (AvgIpc) is 2.69. The Kier molecular flexibility index (Phi) is 6.92. The lowest BCUT2D eigenvalue weighted by Gasteiger charge is -2.20. The van der Waals surface area contributed by atoms with Gasteiger partial charge in [0.1, 0.15) is 5.75 Å². The number of hydrogen-bond donors (Lipinski definition) is 1. The second-order valence-corrected chi connectivity index (χ2v) is 7.54. The summed E-state index contributed by atoms with van der Waals surface area (Å²) in [5.74, 6) is 0.803. The standard InChI is InChI=1S/C24H31NO2/c1-3-23(27-22-14-13-20-11-4-5-12-21(20)17-22)24(26)25-15-7-10-19-9-6-8-18(2)16-19/h6,8-9,13-14,16-17,23H,3-5,7,10-12,15H2,1-2H3,(H,25,26)/t23-/m1/s1. The van der Waals surface area contributed by atoms with Crippen LogP contribution in [0.25, 0.3) is 0 Å². The van der Waals surface area contributed by atoms with E-state index in [1.54, 1.807) is 0 Å². The van der Waals surface area contributed by atoms with E-state index < -0.39 is 6.10 Å². The van der Waals surface area contributed by atoms with Crippen LogP contribution in [0.15, 0.2) is 42.5 Å². The highest BCUT2D eigenvalue weighted by Gasteiger charge is 2.19. The molecule has 0 spiro atoms. The monoisotopic (exact) mass is 365 g/mol. The summed E-state index contributed by atoms with van der Waals surface area (Å²) in [5.41, 5.74) is 5.41. The van der Waals surface area contributed by atoms with Gasteiger partial charge in [0.05, 0.1) is 0 Å². The van der Waals surface area contributed by atoms with Crippen LogP contribution in [0.5, 0.6) is 5.75 Å². The fourth-order valence-corrected chi connectivity index (χ4v) is 3.76. The maximum atomic E-state index is 12.5. The second kappa shape index (κ2) is 9.59. The zero-order valence-electron chi connectivity index (χ0n) is 16.6. The van der Waals surface area contributed by atoms with E-state index >= 15 is 0 Å². The molecular formula is C24H31NO2. The molecule has 1 amide bonds. The lowest BCUT2D eigenvalue weighted by Crippen LogP contribution is -2.38. The maximum absolute atomic E-state index is 12.5. The molecule has 0 fully saturated rings. The molecule has 144 valence electrons. The third kappa shape index (κ3) is 5.59. The van der Waals surface area contributed by atoms with Crippen molar-refractivity contribution in [2.24, 2.45) is 0 Å². The first-order valence-corrected chi connectivity index (χ1v) is 10.3. The number of rotatable bonds is 8. The predicted molar refractivity (Wildman–Crippen MR) is 110 cm³/mol. The van der Waals surface area contributed by atoms with Gasteiger partial charge >= 0.3 is 0 Å². The van der Waals surface area contributed by atoms with Crippen LogP contribution in [-0.2, 0) is 24.1 Å². The predicted octanol–water partition coefficient (Wildman–Crippen LogP) is 4.78. The summed E-state index contributed by atoms with van der Waals surface area (Å²) in [6.45, 7) is 4.78. The van der Waals surface area contributed by atoms with Crippen LogP contribution in [-0.4, -0.2) is 18.6 Å². The highest BCUT2D eigenvalue weighted by atomic mass is 16.5. The van der Waals surface area contributed by atoms with Crippen LogP contribution >= 0.6 is 0 Å². The van der Waals surface area contributed by atoms with Crippen LogP contribution in [0.4, 0.5) is 0 Å². The first-order chi connectivity index (χ1) is 13.2. The topological polar surface area (TPSA) is 38.3 Å². The lowest BCUT2D eigenvalue weighted by atomic mass is 9.92. The first-order valence-electron chi connectivity index (χ1n) is 10.3. The van der Waals surface area contributed by atoms with Gasteiger partial charge in [0.25, 0.3) is 5.91 Å². The van der Waals surface area contributed by atoms with Crippen molar-refractivity contribution in [1.82, 2.24) is 5.32 Å². The van der Waals surface area contributed by atoms with E-state index in [2.05, 4.69) is 48.6 Å². The van der Waals surface area contributed by atoms with Gasteiger partial charge in [0.15, 0.2) is 6.10 Å². The number of carbonyl (C=O) groups is 1. The molecule has 0 aromatic heterocycles. The smallest absolute Gasteiger partial charge is 0.261 e. The number of benzene rings is 2. The molecule has 0 heterocycles. The molecule has 1 atom stereocenters. The van der Waals surface area contributed by atoms with Crippen molar-refractivity contribution in [2.45, 2.75) is 64.9 Å². The minimum Gasteiger partial charge on any atom is -0.481 e. The fraction of sp³-hybridized carbons (Fsp3) is 0.458. The van der Waals surface area contributed by atoms with Gasteiger partial charge in [0, 0.05) is 6.54 Å². The Balaban J connectivity index is 1.47. The molecule has 1 N–H and O–H groups in total. The van der Waals surface area contributed by atoms with Crippen LogP contribution in [0.3, 0.4) is 0 Å². The summed E-state index contributed by atoms with van der Waals surface area (Å²) in [5, 5.41) is 3.04. The summed E-state index contributed by atoms with van der Waals surface area (Å²) in [4.78, 5) is 12.5. The molecule has 3 heteroatoms. The summed E-state index contributed by atoms with van der Waals surface area (Å²) in [6.07, 6.45) is 6.95. The second-order valence-electron chi connectivity index (χ2n) is 7.54. The van der Waals surface area contributed by atoms with E-state index in [-0.39, 0.29) is 5.91 Å². The van der Waals surface area contributed by atoms with Crippen LogP contribution in [0.2, 0.25) is 0 Å². The third-order valence-corrected chi connectivity index (χ3v) is 5.29. The van der Waals surface area contributed by atoms with Crippen molar-refractivity contribution in [3.63, 3.8) is 0 Å². The lowest BCUT2D eigenvalue weighted by molar-refractivity contribution is -0.128. The molecule has 2 aromatic carbocycles. The van der Waals surface area contributed by atoms with Gasteiger partial charge in [-0.2, -0.15) is 0 Å². The number of ether oxygens (including phenoxy) is 1. The van der Waals surface area contributed by atoms with Crippen molar-refractivity contribution in [2.75, 3.05) is 6.54 Å². The molecule has 0 radical (unpaired) electrons. The molecule has 0 saturated heterocycles. The Morgan fingerprint density at radius 2 is 1.93 bits per heavy atom. The number of fused-ring (bicyclic) bond motifs is 1. The van der Waals surface area contributed by atoms with E-state index in [4.69, 9.17) is 4.74 Å².